The minimum atomic E-state index is -0.148. The third kappa shape index (κ3) is 1.73. The van der Waals surface area contributed by atoms with Crippen molar-refractivity contribution in [2.24, 2.45) is 0 Å². The molecule has 1 aromatic carbocycles. The number of hydrogen-bond donors (Lipinski definition) is 1. The molecule has 0 amide bonds. The van der Waals surface area contributed by atoms with E-state index in [4.69, 9.17) is 4.74 Å². The van der Waals surface area contributed by atoms with E-state index in [1.165, 1.54) is 6.07 Å². The maximum absolute atomic E-state index is 13.5. The average molecular weight is 195 g/mol. The van der Waals surface area contributed by atoms with Crippen LogP contribution in [0.25, 0.3) is 0 Å². The van der Waals surface area contributed by atoms with Crippen LogP contribution in [0.4, 0.5) is 4.39 Å². The van der Waals surface area contributed by atoms with Crippen LogP contribution in [0, 0.1) is 5.82 Å². The number of nitrogens with one attached hydrogen (secondary N) is 1. The molecule has 1 N–H and O–H groups in total. The van der Waals surface area contributed by atoms with Gasteiger partial charge in [-0.3, -0.25) is 0 Å². The molecule has 1 atom stereocenters. The van der Waals surface area contributed by atoms with Crippen molar-refractivity contribution in [3.8, 4) is 5.75 Å². The van der Waals surface area contributed by atoms with Crippen LogP contribution in [0.5, 0.6) is 5.75 Å². The second kappa shape index (κ2) is 3.96. The SMILES string of the molecule is COc1ccc(F)c(C2CCCN2)c1. The van der Waals surface area contributed by atoms with Gasteiger partial charge in [-0.15, -0.1) is 0 Å². The van der Waals surface area contributed by atoms with Crippen LogP contribution in [0.3, 0.4) is 0 Å². The first-order chi connectivity index (χ1) is 6.81. The summed E-state index contributed by atoms with van der Waals surface area (Å²) in [6, 6.07) is 5.05. The van der Waals surface area contributed by atoms with Crippen LogP contribution in [0.2, 0.25) is 0 Å². The van der Waals surface area contributed by atoms with Crippen molar-refractivity contribution in [2.45, 2.75) is 18.9 Å². The molecule has 2 rings (SSSR count). The third-order valence-electron chi connectivity index (χ3n) is 2.64. The predicted octanol–water partition coefficient (Wildman–Crippen LogP) is 2.26. The largest absolute Gasteiger partial charge is 0.497 e. The molecule has 0 aromatic heterocycles. The minimum Gasteiger partial charge on any atom is -0.497 e. The van der Waals surface area contributed by atoms with E-state index in [0.29, 0.717) is 0 Å². The van der Waals surface area contributed by atoms with Gasteiger partial charge in [0.1, 0.15) is 11.6 Å². The Kier molecular flexibility index (Phi) is 2.68. The molecule has 1 aromatic rings. The van der Waals surface area contributed by atoms with Crippen LogP contribution >= 0.6 is 0 Å². The zero-order valence-corrected chi connectivity index (χ0v) is 8.22. The number of benzene rings is 1. The zero-order valence-electron chi connectivity index (χ0n) is 8.22. The van der Waals surface area contributed by atoms with Crippen molar-refractivity contribution in [3.05, 3.63) is 29.6 Å². The van der Waals surface area contributed by atoms with E-state index in [1.807, 2.05) is 0 Å². The molecule has 0 saturated carbocycles. The van der Waals surface area contributed by atoms with Gasteiger partial charge < -0.3 is 10.1 Å². The molecule has 3 heteroatoms. The van der Waals surface area contributed by atoms with Gasteiger partial charge in [0.25, 0.3) is 0 Å². The Morgan fingerprint density at radius 2 is 2.36 bits per heavy atom. The van der Waals surface area contributed by atoms with Gasteiger partial charge in [0.05, 0.1) is 7.11 Å². The van der Waals surface area contributed by atoms with Gasteiger partial charge in [-0.1, -0.05) is 0 Å². The average Bonchev–Trinajstić information content (AvgIpc) is 2.71. The van der Waals surface area contributed by atoms with E-state index in [2.05, 4.69) is 5.32 Å². The molecule has 0 spiro atoms. The highest BCUT2D eigenvalue weighted by Crippen LogP contribution is 2.28. The molecule has 14 heavy (non-hydrogen) atoms. The lowest BCUT2D eigenvalue weighted by molar-refractivity contribution is 0.411. The second-order valence-electron chi connectivity index (χ2n) is 3.54. The van der Waals surface area contributed by atoms with Gasteiger partial charge in [-0.05, 0) is 37.6 Å². The lowest BCUT2D eigenvalue weighted by Crippen LogP contribution is -2.14. The molecule has 0 bridgehead atoms. The van der Waals surface area contributed by atoms with Crippen LogP contribution in [0.1, 0.15) is 24.4 Å². The molecule has 1 aliphatic rings. The Morgan fingerprint density at radius 1 is 1.50 bits per heavy atom. The highest BCUT2D eigenvalue weighted by atomic mass is 19.1. The lowest BCUT2D eigenvalue weighted by atomic mass is 10.0. The van der Waals surface area contributed by atoms with E-state index in [9.17, 15) is 4.39 Å². The number of halogens is 1. The first-order valence-electron chi connectivity index (χ1n) is 4.88. The fourth-order valence-corrected chi connectivity index (χ4v) is 1.87. The van der Waals surface area contributed by atoms with Crippen LogP contribution < -0.4 is 10.1 Å². The summed E-state index contributed by atoms with van der Waals surface area (Å²) in [5, 5.41) is 3.27. The molecule has 1 fully saturated rings. The standard InChI is InChI=1S/C11H14FNO/c1-14-8-4-5-10(12)9(7-8)11-3-2-6-13-11/h4-5,7,11,13H,2-3,6H2,1H3. The number of hydrogen-bond acceptors (Lipinski definition) is 2. The Hall–Kier alpha value is -1.09. The van der Waals surface area contributed by atoms with Crippen LogP contribution in [-0.4, -0.2) is 13.7 Å². The molecular weight excluding hydrogens is 181 g/mol. The number of methoxy groups -OCH3 is 1. The normalized spacial score (nSPS) is 21.1. The maximum Gasteiger partial charge on any atom is 0.128 e. The van der Waals surface area contributed by atoms with Gasteiger partial charge in [0, 0.05) is 11.6 Å². The van der Waals surface area contributed by atoms with Gasteiger partial charge in [0.15, 0.2) is 0 Å². The minimum absolute atomic E-state index is 0.148. The summed E-state index contributed by atoms with van der Waals surface area (Å²) in [4.78, 5) is 0. The molecule has 0 radical (unpaired) electrons. The van der Waals surface area contributed by atoms with E-state index in [1.54, 1.807) is 19.2 Å². The Morgan fingerprint density at radius 3 is 3.00 bits per heavy atom. The fraction of sp³-hybridized carbons (Fsp3) is 0.455. The van der Waals surface area contributed by atoms with Crippen molar-refractivity contribution in [1.29, 1.82) is 0 Å². The summed E-state index contributed by atoms with van der Waals surface area (Å²) in [6.45, 7) is 0.974. The molecule has 1 aliphatic heterocycles. The maximum atomic E-state index is 13.5. The quantitative estimate of drug-likeness (QED) is 0.781. The van der Waals surface area contributed by atoms with Crippen molar-refractivity contribution < 1.29 is 9.13 Å². The molecule has 1 unspecified atom stereocenters. The van der Waals surface area contributed by atoms with Gasteiger partial charge >= 0.3 is 0 Å². The van der Waals surface area contributed by atoms with Crippen molar-refractivity contribution >= 4 is 0 Å². The van der Waals surface area contributed by atoms with E-state index in [0.717, 1.165) is 30.7 Å². The van der Waals surface area contributed by atoms with Gasteiger partial charge in [-0.25, -0.2) is 4.39 Å². The summed E-state index contributed by atoms with van der Waals surface area (Å²) in [5.41, 5.74) is 0.724. The van der Waals surface area contributed by atoms with Crippen molar-refractivity contribution in [2.75, 3.05) is 13.7 Å². The summed E-state index contributed by atoms with van der Waals surface area (Å²) in [5.74, 6) is 0.570. The van der Waals surface area contributed by atoms with E-state index in [-0.39, 0.29) is 11.9 Å². The molecule has 1 heterocycles. The Labute approximate surface area is 83.1 Å². The Balaban J connectivity index is 2.29. The highest BCUT2D eigenvalue weighted by molar-refractivity contribution is 5.32. The zero-order chi connectivity index (χ0) is 9.97. The Bertz CT molecular complexity index is 321. The van der Waals surface area contributed by atoms with Crippen molar-refractivity contribution in [1.82, 2.24) is 5.32 Å². The topological polar surface area (TPSA) is 21.3 Å². The summed E-state index contributed by atoms with van der Waals surface area (Å²) >= 11 is 0. The van der Waals surface area contributed by atoms with E-state index >= 15 is 0 Å². The summed E-state index contributed by atoms with van der Waals surface area (Å²) < 4.78 is 18.5. The number of ether oxygens (including phenoxy) is 1. The predicted molar refractivity (Wildman–Crippen MR) is 52.9 cm³/mol. The monoisotopic (exact) mass is 195 g/mol. The highest BCUT2D eigenvalue weighted by Gasteiger charge is 2.19. The smallest absolute Gasteiger partial charge is 0.128 e. The van der Waals surface area contributed by atoms with E-state index < -0.39 is 0 Å². The second-order valence-corrected chi connectivity index (χ2v) is 3.54. The van der Waals surface area contributed by atoms with Crippen LogP contribution in [0.15, 0.2) is 18.2 Å². The summed E-state index contributed by atoms with van der Waals surface area (Å²) in [7, 11) is 1.60. The summed E-state index contributed by atoms with van der Waals surface area (Å²) in [6.07, 6.45) is 2.12. The van der Waals surface area contributed by atoms with Gasteiger partial charge in [-0.2, -0.15) is 0 Å². The first-order valence-corrected chi connectivity index (χ1v) is 4.88. The molecular formula is C11H14FNO. The van der Waals surface area contributed by atoms with Gasteiger partial charge in [0.2, 0.25) is 0 Å². The van der Waals surface area contributed by atoms with Crippen molar-refractivity contribution in [3.63, 3.8) is 0 Å². The lowest BCUT2D eigenvalue weighted by Gasteiger charge is -2.12. The fourth-order valence-electron chi connectivity index (χ4n) is 1.87. The molecule has 2 nitrogen and oxygen atoms in total. The first kappa shape index (κ1) is 9.46. The third-order valence-corrected chi connectivity index (χ3v) is 2.64. The molecule has 0 aliphatic carbocycles. The molecule has 76 valence electrons. The van der Waals surface area contributed by atoms with Crippen LogP contribution in [-0.2, 0) is 0 Å². The molecule has 1 saturated heterocycles. The number of rotatable bonds is 2.